The molecule has 2 amide bonds. The van der Waals surface area contributed by atoms with Crippen molar-refractivity contribution in [1.29, 1.82) is 0 Å². The Labute approximate surface area is 256 Å². The van der Waals surface area contributed by atoms with Crippen LogP contribution < -0.4 is 14.8 Å². The van der Waals surface area contributed by atoms with Gasteiger partial charge in [-0.05, 0) is 71.5 Å². The number of aliphatic hydroxyl groups excluding tert-OH is 3. The lowest BCUT2D eigenvalue weighted by Crippen LogP contribution is -2.58. The average Bonchev–Trinajstić information content (AvgIpc) is 3.51. The molecule has 3 aliphatic rings. The van der Waals surface area contributed by atoms with E-state index in [9.17, 15) is 24.9 Å². The second kappa shape index (κ2) is 15.5. The molecule has 2 saturated carbocycles. The van der Waals surface area contributed by atoms with E-state index in [-0.39, 0.29) is 44.0 Å². The maximum absolute atomic E-state index is 14.0. The highest BCUT2D eigenvalue weighted by Gasteiger charge is 2.43. The van der Waals surface area contributed by atoms with Gasteiger partial charge in [-0.1, -0.05) is 44.9 Å². The maximum atomic E-state index is 14.0. The highest BCUT2D eigenvalue weighted by molar-refractivity contribution is 14.1. The van der Waals surface area contributed by atoms with Crippen molar-refractivity contribution in [2.45, 2.75) is 108 Å². The Balaban J connectivity index is 1.66. The van der Waals surface area contributed by atoms with Crippen LogP contribution in [0.25, 0.3) is 0 Å². The Kier molecular flexibility index (Phi) is 12.1. The number of hydrogen-bond donors (Lipinski definition) is 4. The van der Waals surface area contributed by atoms with E-state index in [1.165, 1.54) is 32.8 Å². The number of nitrogens with one attached hydrogen (secondary N) is 1. The van der Waals surface area contributed by atoms with E-state index in [1.54, 1.807) is 18.2 Å². The molecule has 4 N–H and O–H groups in total. The van der Waals surface area contributed by atoms with Gasteiger partial charge in [0.25, 0.3) is 0 Å². The lowest BCUT2D eigenvalue weighted by molar-refractivity contribution is -0.143. The quantitative estimate of drug-likeness (QED) is 0.247. The summed E-state index contributed by atoms with van der Waals surface area (Å²) in [6.07, 6.45) is 10.9. The Morgan fingerprint density at radius 1 is 1.07 bits per heavy atom. The predicted molar refractivity (Wildman–Crippen MR) is 164 cm³/mol. The first-order valence-corrected chi connectivity index (χ1v) is 16.2. The van der Waals surface area contributed by atoms with Gasteiger partial charge in [-0.3, -0.25) is 9.59 Å². The summed E-state index contributed by atoms with van der Waals surface area (Å²) in [5.74, 6) is 1.09. The van der Waals surface area contributed by atoms with Crippen molar-refractivity contribution < 1.29 is 34.4 Å². The summed E-state index contributed by atoms with van der Waals surface area (Å²) in [6, 6.07) is 2.85. The molecule has 0 aromatic heterocycles. The summed E-state index contributed by atoms with van der Waals surface area (Å²) in [5.41, 5.74) is 1.08. The third kappa shape index (κ3) is 8.14. The van der Waals surface area contributed by atoms with Crippen LogP contribution in [-0.2, 0) is 16.2 Å². The van der Waals surface area contributed by atoms with Gasteiger partial charge >= 0.3 is 0 Å². The second-order valence-electron chi connectivity index (χ2n) is 11.6. The number of amides is 2. The normalized spacial score (nSPS) is 23.6. The van der Waals surface area contributed by atoms with Gasteiger partial charge in [0.05, 0.1) is 29.9 Å². The van der Waals surface area contributed by atoms with Gasteiger partial charge < -0.3 is 35.0 Å². The number of nitrogens with zero attached hydrogens (tertiary/aromatic N) is 1. The van der Waals surface area contributed by atoms with E-state index >= 15 is 0 Å². The van der Waals surface area contributed by atoms with Crippen LogP contribution in [0.1, 0.15) is 82.6 Å². The molecule has 9 nitrogen and oxygen atoms in total. The SMILES string of the molecule is COc1cc(CO)cc(I)c1O[C@H]1C=C(C(=O)NCCO)C[C@@H](N(C(=O)CCC2CCCC2)C2CCCCC2)[C@@H]1O. The lowest BCUT2D eigenvalue weighted by atomic mass is 9.84. The molecule has 1 aromatic rings. The summed E-state index contributed by atoms with van der Waals surface area (Å²) in [4.78, 5) is 29.0. The number of carbonyl (C=O) groups excluding carboxylic acids is 2. The smallest absolute Gasteiger partial charge is 0.247 e. The topological polar surface area (TPSA) is 129 Å². The van der Waals surface area contributed by atoms with Crippen molar-refractivity contribution in [3.05, 3.63) is 32.9 Å². The van der Waals surface area contributed by atoms with E-state index in [2.05, 4.69) is 27.9 Å². The number of methoxy groups -OCH3 is 1. The summed E-state index contributed by atoms with van der Waals surface area (Å²) >= 11 is 2.10. The Morgan fingerprint density at radius 2 is 1.78 bits per heavy atom. The lowest BCUT2D eigenvalue weighted by Gasteiger charge is -2.45. The van der Waals surface area contributed by atoms with Crippen molar-refractivity contribution in [3.8, 4) is 11.5 Å². The minimum absolute atomic E-state index is 0.0125. The molecule has 0 aliphatic heterocycles. The summed E-state index contributed by atoms with van der Waals surface area (Å²) in [6.45, 7) is -0.240. The maximum Gasteiger partial charge on any atom is 0.247 e. The number of hydrogen-bond acceptors (Lipinski definition) is 7. The van der Waals surface area contributed by atoms with Crippen molar-refractivity contribution in [3.63, 3.8) is 0 Å². The molecule has 41 heavy (non-hydrogen) atoms. The first kappa shape index (κ1) is 32.0. The van der Waals surface area contributed by atoms with Crippen LogP contribution in [0.2, 0.25) is 0 Å². The van der Waals surface area contributed by atoms with E-state index in [4.69, 9.17) is 9.47 Å². The van der Waals surface area contributed by atoms with Crippen molar-refractivity contribution in [2.24, 2.45) is 5.92 Å². The molecule has 10 heteroatoms. The third-order valence-electron chi connectivity index (χ3n) is 8.79. The second-order valence-corrected chi connectivity index (χ2v) is 12.7. The largest absolute Gasteiger partial charge is 0.493 e. The van der Waals surface area contributed by atoms with Crippen LogP contribution in [0.15, 0.2) is 23.8 Å². The van der Waals surface area contributed by atoms with E-state index < -0.39 is 18.2 Å². The molecule has 0 heterocycles. The fourth-order valence-electron chi connectivity index (χ4n) is 6.64. The average molecular weight is 685 g/mol. The van der Waals surface area contributed by atoms with Crippen LogP contribution >= 0.6 is 22.6 Å². The van der Waals surface area contributed by atoms with Gasteiger partial charge in [0.1, 0.15) is 12.2 Å². The molecular formula is C31H45IN2O7. The third-order valence-corrected chi connectivity index (χ3v) is 9.60. The molecule has 4 rings (SSSR count). The summed E-state index contributed by atoms with van der Waals surface area (Å²) < 4.78 is 12.6. The minimum Gasteiger partial charge on any atom is -0.493 e. The Morgan fingerprint density at radius 3 is 2.44 bits per heavy atom. The van der Waals surface area contributed by atoms with Crippen molar-refractivity contribution in [2.75, 3.05) is 20.3 Å². The van der Waals surface area contributed by atoms with E-state index in [1.807, 2.05) is 4.90 Å². The molecule has 2 fully saturated rings. The van der Waals surface area contributed by atoms with Crippen LogP contribution in [0.4, 0.5) is 0 Å². The number of halogens is 1. The highest BCUT2D eigenvalue weighted by Crippen LogP contribution is 2.38. The fourth-order valence-corrected chi connectivity index (χ4v) is 7.43. The van der Waals surface area contributed by atoms with Crippen LogP contribution in [0.5, 0.6) is 11.5 Å². The number of aliphatic hydroxyl groups is 3. The zero-order valence-corrected chi connectivity index (χ0v) is 26.2. The Bertz CT molecular complexity index is 1070. The zero-order chi connectivity index (χ0) is 29.4. The first-order valence-electron chi connectivity index (χ1n) is 15.1. The molecule has 0 radical (unpaired) electrons. The number of rotatable bonds is 12. The number of benzene rings is 1. The Hall–Kier alpha value is -1.89. The van der Waals surface area contributed by atoms with Crippen molar-refractivity contribution >= 4 is 34.4 Å². The van der Waals surface area contributed by atoms with Crippen LogP contribution in [0.3, 0.4) is 0 Å². The van der Waals surface area contributed by atoms with Gasteiger partial charge in [-0.25, -0.2) is 0 Å². The number of carbonyl (C=O) groups is 2. The van der Waals surface area contributed by atoms with E-state index in [0.717, 1.165) is 38.5 Å². The van der Waals surface area contributed by atoms with Gasteiger partial charge in [-0.2, -0.15) is 0 Å². The first-order chi connectivity index (χ1) is 19.9. The molecule has 0 saturated heterocycles. The standard InChI is InChI=1S/C31H45IN2O7/c1-40-27-16-21(19-36)15-24(32)30(27)41-26-18-22(31(39)33-13-14-35)17-25(29(26)38)34(23-9-3-2-4-10-23)28(37)12-11-20-7-5-6-8-20/h15-16,18,20,23,25-26,29,35-36,38H,2-14,17,19H2,1H3,(H,33,39)/t25-,26+,29+/m1/s1. The summed E-state index contributed by atoms with van der Waals surface area (Å²) in [7, 11) is 1.51. The van der Waals surface area contributed by atoms with Crippen molar-refractivity contribution in [1.82, 2.24) is 10.2 Å². The van der Waals surface area contributed by atoms with Gasteiger partial charge in [0, 0.05) is 31.0 Å². The van der Waals surface area contributed by atoms with Crippen LogP contribution in [-0.4, -0.2) is 76.6 Å². The highest BCUT2D eigenvalue weighted by atomic mass is 127. The predicted octanol–water partition coefficient (Wildman–Crippen LogP) is 3.84. The van der Waals surface area contributed by atoms with Gasteiger partial charge in [0.15, 0.2) is 11.5 Å². The molecule has 228 valence electrons. The minimum atomic E-state index is -1.07. The van der Waals surface area contributed by atoms with Gasteiger partial charge in [-0.15, -0.1) is 0 Å². The van der Waals surface area contributed by atoms with E-state index in [0.29, 0.717) is 38.5 Å². The monoisotopic (exact) mass is 684 g/mol. The molecule has 0 unspecified atom stereocenters. The van der Waals surface area contributed by atoms with Crippen LogP contribution in [0, 0.1) is 9.49 Å². The molecule has 0 bridgehead atoms. The summed E-state index contributed by atoms with van der Waals surface area (Å²) in [5, 5.41) is 33.5. The fraction of sp³-hybridized carbons (Fsp3) is 0.677. The molecule has 3 aliphatic carbocycles. The van der Waals surface area contributed by atoms with Gasteiger partial charge in [0.2, 0.25) is 11.8 Å². The molecule has 1 aromatic carbocycles. The zero-order valence-electron chi connectivity index (χ0n) is 24.0. The molecular weight excluding hydrogens is 639 g/mol. The number of ether oxygens (including phenoxy) is 2. The molecule has 0 spiro atoms. The molecule has 3 atom stereocenters.